The summed E-state index contributed by atoms with van der Waals surface area (Å²) in [5, 5.41) is 6.17. The van der Waals surface area contributed by atoms with Gasteiger partial charge in [0.25, 0.3) is 11.8 Å². The second-order valence-corrected chi connectivity index (χ2v) is 10.5. The van der Waals surface area contributed by atoms with Crippen molar-refractivity contribution >= 4 is 50.8 Å². The molecule has 0 bridgehead atoms. The summed E-state index contributed by atoms with van der Waals surface area (Å²) in [6.07, 6.45) is 9.87. The van der Waals surface area contributed by atoms with Crippen molar-refractivity contribution in [1.29, 1.82) is 0 Å². The number of carbonyl (C=O) groups excluding carboxylic acids is 2. The first-order chi connectivity index (χ1) is 17.4. The molecule has 3 rings (SSSR count). The SMILES string of the molecule is CCCCCCOc1ccc(Br)cc1C(=O)NC(=S)N(C)c1ccccc1C(=O)NC1CCCCC1. The monoisotopic (exact) mass is 573 g/mol. The van der Waals surface area contributed by atoms with Crippen LogP contribution in [-0.4, -0.2) is 36.6 Å². The Morgan fingerprint density at radius 2 is 1.78 bits per heavy atom. The first-order valence-corrected chi connectivity index (χ1v) is 14.0. The van der Waals surface area contributed by atoms with Crippen LogP contribution in [0.15, 0.2) is 46.9 Å². The van der Waals surface area contributed by atoms with Crippen LogP contribution in [0.5, 0.6) is 5.75 Å². The molecule has 0 aromatic heterocycles. The molecular weight excluding hydrogens is 538 g/mol. The van der Waals surface area contributed by atoms with Gasteiger partial charge in [-0.25, -0.2) is 0 Å². The summed E-state index contributed by atoms with van der Waals surface area (Å²) in [7, 11) is 1.75. The maximum Gasteiger partial charge on any atom is 0.261 e. The van der Waals surface area contributed by atoms with Crippen molar-refractivity contribution in [2.24, 2.45) is 0 Å². The Bertz CT molecular complexity index is 1060. The van der Waals surface area contributed by atoms with E-state index in [1.165, 1.54) is 6.42 Å². The largest absolute Gasteiger partial charge is 0.493 e. The molecule has 0 unspecified atom stereocenters. The minimum Gasteiger partial charge on any atom is -0.493 e. The molecule has 0 saturated heterocycles. The lowest BCUT2D eigenvalue weighted by atomic mass is 9.95. The van der Waals surface area contributed by atoms with Crippen molar-refractivity contribution in [2.45, 2.75) is 70.8 Å². The van der Waals surface area contributed by atoms with Crippen LogP contribution in [0.3, 0.4) is 0 Å². The van der Waals surface area contributed by atoms with E-state index >= 15 is 0 Å². The van der Waals surface area contributed by atoms with Gasteiger partial charge in [0.15, 0.2) is 5.11 Å². The molecule has 194 valence electrons. The van der Waals surface area contributed by atoms with E-state index in [1.807, 2.05) is 24.3 Å². The molecule has 2 N–H and O–H groups in total. The van der Waals surface area contributed by atoms with Crippen LogP contribution in [0.2, 0.25) is 0 Å². The Labute approximate surface area is 228 Å². The number of anilines is 1. The van der Waals surface area contributed by atoms with Gasteiger partial charge in [0, 0.05) is 17.6 Å². The van der Waals surface area contributed by atoms with Gasteiger partial charge in [0.1, 0.15) is 5.75 Å². The summed E-state index contributed by atoms with van der Waals surface area (Å²) >= 11 is 9.01. The smallest absolute Gasteiger partial charge is 0.261 e. The molecular formula is C28H36BrN3O3S. The van der Waals surface area contributed by atoms with Crippen molar-refractivity contribution in [3.05, 3.63) is 58.1 Å². The molecule has 36 heavy (non-hydrogen) atoms. The third-order valence-electron chi connectivity index (χ3n) is 6.42. The molecule has 0 heterocycles. The van der Waals surface area contributed by atoms with E-state index in [1.54, 1.807) is 30.1 Å². The quantitative estimate of drug-likeness (QED) is 0.247. The van der Waals surface area contributed by atoms with Crippen LogP contribution in [-0.2, 0) is 0 Å². The second-order valence-electron chi connectivity index (χ2n) is 9.19. The van der Waals surface area contributed by atoms with Gasteiger partial charge in [-0.3, -0.25) is 14.9 Å². The lowest BCUT2D eigenvalue weighted by Gasteiger charge is -2.26. The van der Waals surface area contributed by atoms with Crippen LogP contribution in [0, 0.1) is 0 Å². The van der Waals surface area contributed by atoms with Crippen LogP contribution in [0.4, 0.5) is 5.69 Å². The second kappa shape index (κ2) is 14.3. The Kier molecular flexibility index (Phi) is 11.2. The van der Waals surface area contributed by atoms with E-state index in [0.29, 0.717) is 29.2 Å². The number of nitrogens with one attached hydrogen (secondary N) is 2. The highest BCUT2D eigenvalue weighted by atomic mass is 79.9. The number of halogens is 1. The average Bonchev–Trinajstić information content (AvgIpc) is 2.89. The van der Waals surface area contributed by atoms with Gasteiger partial charge in [0.05, 0.1) is 23.4 Å². The van der Waals surface area contributed by atoms with Crippen LogP contribution in [0.25, 0.3) is 0 Å². The zero-order valence-corrected chi connectivity index (χ0v) is 23.6. The molecule has 6 nitrogen and oxygen atoms in total. The summed E-state index contributed by atoms with van der Waals surface area (Å²) < 4.78 is 6.69. The Morgan fingerprint density at radius 3 is 2.53 bits per heavy atom. The maximum atomic E-state index is 13.2. The van der Waals surface area contributed by atoms with Crippen LogP contribution >= 0.6 is 28.1 Å². The number of nitrogens with zero attached hydrogens (tertiary/aromatic N) is 1. The number of para-hydroxylation sites is 1. The molecule has 2 amide bonds. The molecule has 0 spiro atoms. The van der Waals surface area contributed by atoms with E-state index in [9.17, 15) is 9.59 Å². The molecule has 2 aromatic rings. The van der Waals surface area contributed by atoms with Gasteiger partial charge < -0.3 is 15.0 Å². The van der Waals surface area contributed by atoms with E-state index in [4.69, 9.17) is 17.0 Å². The number of hydrogen-bond donors (Lipinski definition) is 2. The average molecular weight is 575 g/mol. The molecule has 0 radical (unpaired) electrons. The van der Waals surface area contributed by atoms with Crippen molar-refractivity contribution in [1.82, 2.24) is 10.6 Å². The molecule has 8 heteroatoms. The number of thiocarbonyl (C=S) groups is 1. The fourth-order valence-electron chi connectivity index (χ4n) is 4.34. The van der Waals surface area contributed by atoms with E-state index < -0.39 is 0 Å². The molecule has 1 fully saturated rings. The van der Waals surface area contributed by atoms with E-state index in [2.05, 4.69) is 33.5 Å². The van der Waals surface area contributed by atoms with Crippen molar-refractivity contribution in [3.8, 4) is 5.75 Å². The number of hydrogen-bond acceptors (Lipinski definition) is 4. The maximum absolute atomic E-state index is 13.2. The number of ether oxygens (including phenoxy) is 1. The summed E-state index contributed by atoms with van der Waals surface area (Å²) in [5.41, 5.74) is 1.57. The third-order valence-corrected chi connectivity index (χ3v) is 7.29. The molecule has 0 atom stereocenters. The first kappa shape index (κ1) is 28.1. The van der Waals surface area contributed by atoms with Crippen molar-refractivity contribution in [3.63, 3.8) is 0 Å². The third kappa shape index (κ3) is 8.03. The molecule has 0 aliphatic heterocycles. The van der Waals surface area contributed by atoms with Gasteiger partial charge in [-0.15, -0.1) is 0 Å². The Morgan fingerprint density at radius 1 is 1.03 bits per heavy atom. The number of rotatable bonds is 10. The van der Waals surface area contributed by atoms with Crippen LogP contribution < -0.4 is 20.3 Å². The lowest BCUT2D eigenvalue weighted by molar-refractivity contribution is 0.0927. The van der Waals surface area contributed by atoms with Gasteiger partial charge in [-0.2, -0.15) is 0 Å². The first-order valence-electron chi connectivity index (χ1n) is 12.8. The molecule has 1 saturated carbocycles. The minimum absolute atomic E-state index is 0.121. The zero-order chi connectivity index (χ0) is 25.9. The number of carbonyl (C=O) groups is 2. The van der Waals surface area contributed by atoms with E-state index in [0.717, 1.165) is 55.8 Å². The minimum atomic E-state index is -0.360. The van der Waals surface area contributed by atoms with Gasteiger partial charge in [0.2, 0.25) is 0 Å². The van der Waals surface area contributed by atoms with Crippen molar-refractivity contribution < 1.29 is 14.3 Å². The van der Waals surface area contributed by atoms with Crippen molar-refractivity contribution in [2.75, 3.05) is 18.6 Å². The zero-order valence-electron chi connectivity index (χ0n) is 21.1. The standard InChI is InChI=1S/C28H36BrN3O3S/c1-3-4-5-11-18-35-25-17-16-20(29)19-23(25)27(34)31-28(36)32(2)24-15-10-9-14-22(24)26(33)30-21-12-7-6-8-13-21/h9-10,14-17,19,21H,3-8,11-13,18H2,1-2H3,(H,30,33)(H,31,34,36). The predicted molar refractivity (Wildman–Crippen MR) is 153 cm³/mol. The van der Waals surface area contributed by atoms with Gasteiger partial charge in [-0.05, 0) is 61.8 Å². The Balaban J connectivity index is 1.68. The fraction of sp³-hybridized carbons (Fsp3) is 0.464. The highest BCUT2D eigenvalue weighted by Gasteiger charge is 2.22. The molecule has 1 aliphatic carbocycles. The van der Waals surface area contributed by atoms with E-state index in [-0.39, 0.29) is 23.0 Å². The number of benzene rings is 2. The van der Waals surface area contributed by atoms with Gasteiger partial charge >= 0.3 is 0 Å². The lowest BCUT2D eigenvalue weighted by Crippen LogP contribution is -2.42. The normalized spacial score (nSPS) is 13.6. The topological polar surface area (TPSA) is 70.7 Å². The number of amides is 2. The Hall–Kier alpha value is -2.45. The summed E-state index contributed by atoms with van der Waals surface area (Å²) in [6, 6.07) is 12.9. The highest BCUT2D eigenvalue weighted by Crippen LogP contribution is 2.25. The molecule has 1 aliphatic rings. The highest BCUT2D eigenvalue weighted by molar-refractivity contribution is 9.10. The summed E-state index contributed by atoms with van der Waals surface area (Å²) in [6.45, 7) is 2.72. The van der Waals surface area contributed by atoms with Crippen LogP contribution in [0.1, 0.15) is 85.4 Å². The molecule has 2 aromatic carbocycles. The fourth-order valence-corrected chi connectivity index (χ4v) is 4.89. The predicted octanol–water partition coefficient (Wildman–Crippen LogP) is 6.62. The van der Waals surface area contributed by atoms with Gasteiger partial charge in [-0.1, -0.05) is 73.5 Å². The summed E-state index contributed by atoms with van der Waals surface area (Å²) in [4.78, 5) is 27.9. The summed E-state index contributed by atoms with van der Waals surface area (Å²) in [5.74, 6) is 0.0370. The number of unbranched alkanes of at least 4 members (excludes halogenated alkanes) is 3.